The van der Waals surface area contributed by atoms with E-state index < -0.39 is 32.8 Å². The van der Waals surface area contributed by atoms with E-state index in [1.54, 1.807) is 12.1 Å². The average Bonchev–Trinajstić information content (AvgIpc) is 2.99. The van der Waals surface area contributed by atoms with Crippen molar-refractivity contribution in [2.24, 2.45) is 0 Å². The van der Waals surface area contributed by atoms with Crippen molar-refractivity contribution in [3.05, 3.63) is 64.3 Å². The Hall–Kier alpha value is -2.53. The van der Waals surface area contributed by atoms with Gasteiger partial charge in [-0.25, -0.2) is 17.2 Å². The highest BCUT2D eigenvalue weighted by Gasteiger charge is 2.32. The average molecular weight is 491 g/mol. The van der Waals surface area contributed by atoms with Crippen LogP contribution in [0.1, 0.15) is 11.1 Å². The molecular weight excluding hydrogens is 477 g/mol. The fourth-order valence-corrected chi connectivity index (χ4v) is 4.61. The smallest absolute Gasteiger partial charge is 0.416 e. The minimum atomic E-state index is -4.69. The van der Waals surface area contributed by atoms with Gasteiger partial charge in [-0.2, -0.15) is 13.2 Å². The monoisotopic (exact) mass is 490 g/mol. The van der Waals surface area contributed by atoms with Crippen LogP contribution in [0.2, 0.25) is 0 Å². The zero-order chi connectivity index (χ0) is 21.6. The Morgan fingerprint density at radius 1 is 1.21 bits per heavy atom. The molecule has 154 valence electrons. The van der Waals surface area contributed by atoms with Crippen molar-refractivity contribution >= 4 is 42.9 Å². The number of amides is 1. The first-order valence-corrected chi connectivity index (χ1v) is 10.3. The van der Waals surface area contributed by atoms with Crippen molar-refractivity contribution in [3.8, 4) is 0 Å². The molecule has 0 unspecified atom stereocenters. The van der Waals surface area contributed by atoms with Gasteiger partial charge in [0.05, 0.1) is 22.5 Å². The molecule has 29 heavy (non-hydrogen) atoms. The summed E-state index contributed by atoms with van der Waals surface area (Å²) in [5.74, 6) is 0. The molecule has 1 aromatic heterocycles. The molecule has 1 heterocycles. The maximum atomic E-state index is 13.1. The molecule has 0 fully saturated rings. The summed E-state index contributed by atoms with van der Waals surface area (Å²) in [5, 5.41) is 9.57. The number of rotatable bonds is 4. The highest BCUT2D eigenvalue weighted by Crippen LogP contribution is 2.33. The van der Waals surface area contributed by atoms with Crippen molar-refractivity contribution in [3.63, 3.8) is 0 Å². The van der Waals surface area contributed by atoms with Gasteiger partial charge < -0.3 is 10.0 Å². The summed E-state index contributed by atoms with van der Waals surface area (Å²) < 4.78 is 66.7. The largest absolute Gasteiger partial charge is 0.465 e. The van der Waals surface area contributed by atoms with Gasteiger partial charge in [0, 0.05) is 23.1 Å². The summed E-state index contributed by atoms with van der Waals surface area (Å²) >= 11 is 3.25. The molecule has 0 aliphatic rings. The van der Waals surface area contributed by atoms with E-state index in [4.69, 9.17) is 5.11 Å². The minimum absolute atomic E-state index is 0.0986. The van der Waals surface area contributed by atoms with E-state index in [1.165, 1.54) is 19.3 Å². The zero-order valence-corrected chi connectivity index (χ0v) is 17.2. The van der Waals surface area contributed by atoms with E-state index >= 15 is 0 Å². The van der Waals surface area contributed by atoms with Crippen LogP contribution in [-0.2, 0) is 22.7 Å². The van der Waals surface area contributed by atoms with Crippen molar-refractivity contribution in [1.82, 2.24) is 8.87 Å². The standard InChI is InChI=1S/C18H14BrF3N2O4S/c1-23(17(25)26)9-11-10-24(16-8-13(19)5-6-15(11)16)29(27,28)14-4-2-3-12(7-14)18(20,21)22/h2-8,10H,9H2,1H3,(H,25,26). The Kier molecular flexibility index (Phi) is 5.39. The molecule has 0 saturated carbocycles. The number of aromatic nitrogens is 1. The maximum absolute atomic E-state index is 13.1. The molecule has 1 N–H and O–H groups in total. The second kappa shape index (κ2) is 7.38. The van der Waals surface area contributed by atoms with Gasteiger partial charge in [-0.3, -0.25) is 0 Å². The molecule has 0 saturated heterocycles. The predicted molar refractivity (Wildman–Crippen MR) is 103 cm³/mol. The van der Waals surface area contributed by atoms with Gasteiger partial charge in [0.15, 0.2) is 0 Å². The Bertz CT molecular complexity index is 1210. The van der Waals surface area contributed by atoms with Crippen LogP contribution in [-0.4, -0.2) is 35.5 Å². The van der Waals surface area contributed by atoms with E-state index in [0.717, 1.165) is 27.1 Å². The van der Waals surface area contributed by atoms with Gasteiger partial charge in [0.25, 0.3) is 10.0 Å². The van der Waals surface area contributed by atoms with E-state index in [0.29, 0.717) is 21.5 Å². The first kappa shape index (κ1) is 21.2. The lowest BCUT2D eigenvalue weighted by Gasteiger charge is -2.12. The van der Waals surface area contributed by atoms with Crippen LogP contribution < -0.4 is 0 Å². The lowest BCUT2D eigenvalue weighted by molar-refractivity contribution is -0.137. The summed E-state index contributed by atoms with van der Waals surface area (Å²) in [6.45, 7) is -0.0986. The first-order chi connectivity index (χ1) is 13.4. The molecule has 3 aromatic rings. The third-order valence-electron chi connectivity index (χ3n) is 4.27. The molecule has 6 nitrogen and oxygen atoms in total. The Balaban J connectivity index is 2.21. The molecule has 0 bridgehead atoms. The fourth-order valence-electron chi connectivity index (χ4n) is 2.83. The van der Waals surface area contributed by atoms with E-state index in [9.17, 15) is 26.4 Å². The normalized spacial score (nSPS) is 12.3. The molecule has 0 aliphatic heterocycles. The van der Waals surface area contributed by atoms with Gasteiger partial charge in [-0.1, -0.05) is 28.1 Å². The van der Waals surface area contributed by atoms with Crippen LogP contribution in [0.25, 0.3) is 10.9 Å². The van der Waals surface area contributed by atoms with Gasteiger partial charge >= 0.3 is 12.3 Å². The molecular formula is C18H14BrF3N2O4S. The lowest BCUT2D eigenvalue weighted by Crippen LogP contribution is -2.23. The highest BCUT2D eigenvalue weighted by atomic mass is 79.9. The number of hydrogen-bond donors (Lipinski definition) is 1. The topological polar surface area (TPSA) is 79.6 Å². The Labute approximate surface area is 172 Å². The van der Waals surface area contributed by atoms with Crippen LogP contribution in [0.4, 0.5) is 18.0 Å². The SMILES string of the molecule is CN(Cc1cn(S(=O)(=O)c2cccc(C(F)(F)F)c2)c2cc(Br)ccc12)C(=O)O. The Morgan fingerprint density at radius 3 is 2.52 bits per heavy atom. The molecule has 0 atom stereocenters. The molecule has 0 aliphatic carbocycles. The van der Waals surface area contributed by atoms with Gasteiger partial charge in [0.2, 0.25) is 0 Å². The van der Waals surface area contributed by atoms with Crippen LogP contribution >= 0.6 is 15.9 Å². The molecule has 0 spiro atoms. The number of fused-ring (bicyclic) bond motifs is 1. The zero-order valence-electron chi connectivity index (χ0n) is 14.8. The molecule has 0 radical (unpaired) electrons. The van der Waals surface area contributed by atoms with Crippen molar-refractivity contribution < 1.29 is 31.5 Å². The molecule has 11 heteroatoms. The second-order valence-corrected chi connectivity index (χ2v) is 9.01. The summed E-state index contributed by atoms with van der Waals surface area (Å²) in [5.41, 5.74) is -0.472. The van der Waals surface area contributed by atoms with E-state index in [-0.39, 0.29) is 12.1 Å². The maximum Gasteiger partial charge on any atom is 0.416 e. The van der Waals surface area contributed by atoms with Crippen molar-refractivity contribution in [2.45, 2.75) is 17.6 Å². The summed E-state index contributed by atoms with van der Waals surface area (Å²) in [4.78, 5) is 11.6. The van der Waals surface area contributed by atoms with Crippen molar-refractivity contribution in [1.29, 1.82) is 0 Å². The summed E-state index contributed by atoms with van der Waals surface area (Å²) in [6.07, 6.45) is -4.67. The number of halogens is 4. The van der Waals surface area contributed by atoms with Gasteiger partial charge in [-0.05, 0) is 35.9 Å². The van der Waals surface area contributed by atoms with Gasteiger partial charge in [0.1, 0.15) is 0 Å². The quantitative estimate of drug-likeness (QED) is 0.571. The number of nitrogens with zero attached hydrogens (tertiary/aromatic N) is 2. The van der Waals surface area contributed by atoms with E-state index in [2.05, 4.69) is 15.9 Å². The van der Waals surface area contributed by atoms with Gasteiger partial charge in [-0.15, -0.1) is 0 Å². The van der Waals surface area contributed by atoms with Crippen LogP contribution in [0, 0.1) is 0 Å². The minimum Gasteiger partial charge on any atom is -0.465 e. The number of alkyl halides is 3. The molecule has 3 rings (SSSR count). The van der Waals surface area contributed by atoms with Crippen LogP contribution in [0.3, 0.4) is 0 Å². The number of hydrogen-bond acceptors (Lipinski definition) is 3. The molecule has 2 aromatic carbocycles. The number of benzene rings is 2. The third-order valence-corrected chi connectivity index (χ3v) is 6.43. The summed E-state index contributed by atoms with van der Waals surface area (Å²) in [7, 11) is -3.05. The second-order valence-electron chi connectivity index (χ2n) is 6.28. The predicted octanol–water partition coefficient (Wildman–Crippen LogP) is 4.77. The number of carbonyl (C=O) groups is 1. The number of carboxylic acid groups (broad SMARTS) is 1. The van der Waals surface area contributed by atoms with E-state index in [1.807, 2.05) is 0 Å². The Morgan fingerprint density at radius 2 is 1.90 bits per heavy atom. The molecule has 1 amide bonds. The first-order valence-electron chi connectivity index (χ1n) is 8.07. The van der Waals surface area contributed by atoms with Crippen LogP contribution in [0.15, 0.2) is 58.0 Å². The van der Waals surface area contributed by atoms with Crippen molar-refractivity contribution in [2.75, 3.05) is 7.05 Å². The lowest BCUT2D eigenvalue weighted by atomic mass is 10.2. The third kappa shape index (κ3) is 4.10. The fraction of sp³-hybridized carbons (Fsp3) is 0.167. The van der Waals surface area contributed by atoms with Crippen LogP contribution in [0.5, 0.6) is 0 Å². The summed E-state index contributed by atoms with van der Waals surface area (Å²) in [6, 6.07) is 8.24. The highest BCUT2D eigenvalue weighted by molar-refractivity contribution is 9.10.